The summed E-state index contributed by atoms with van der Waals surface area (Å²) in [6.07, 6.45) is 5.44. The van der Waals surface area contributed by atoms with Crippen LogP contribution in [0.1, 0.15) is 16.9 Å². The molecule has 2 heterocycles. The van der Waals surface area contributed by atoms with Gasteiger partial charge in [0, 0.05) is 30.6 Å². The molecule has 1 aromatic carbocycles. The number of anilines is 1. The molecular formula is C16H16N4OS. The van der Waals surface area contributed by atoms with Crippen molar-refractivity contribution in [1.29, 1.82) is 5.26 Å². The summed E-state index contributed by atoms with van der Waals surface area (Å²) < 4.78 is 0. The van der Waals surface area contributed by atoms with E-state index in [0.717, 1.165) is 17.7 Å². The summed E-state index contributed by atoms with van der Waals surface area (Å²) in [5.74, 6) is -0.167. The maximum absolute atomic E-state index is 12.2. The fourth-order valence-corrected chi connectivity index (χ4v) is 3.37. The minimum absolute atomic E-state index is 0.0432. The number of nitriles is 1. The van der Waals surface area contributed by atoms with E-state index in [0.29, 0.717) is 18.2 Å². The second kappa shape index (κ2) is 6.58. The first-order chi connectivity index (χ1) is 10.7. The molecule has 1 aromatic heterocycles. The number of nitrogens with one attached hydrogen (secondary N) is 1. The minimum Gasteiger partial charge on any atom is -0.310 e. The molecule has 1 aliphatic rings. The maximum atomic E-state index is 12.2. The molecule has 1 atom stereocenters. The van der Waals surface area contributed by atoms with Gasteiger partial charge < -0.3 is 10.2 Å². The molecule has 0 saturated carbocycles. The first kappa shape index (κ1) is 14.5. The zero-order chi connectivity index (χ0) is 15.4. The monoisotopic (exact) mass is 312 g/mol. The van der Waals surface area contributed by atoms with Crippen LogP contribution in [0.2, 0.25) is 0 Å². The first-order valence-electron chi connectivity index (χ1n) is 7.19. The van der Waals surface area contributed by atoms with Crippen LogP contribution in [0.5, 0.6) is 0 Å². The van der Waals surface area contributed by atoms with Gasteiger partial charge in [-0.25, -0.2) is 4.98 Å². The normalized spacial score (nSPS) is 17.2. The van der Waals surface area contributed by atoms with Gasteiger partial charge in [0.25, 0.3) is 0 Å². The van der Waals surface area contributed by atoms with Gasteiger partial charge in [0.15, 0.2) is 11.3 Å². The van der Waals surface area contributed by atoms with E-state index in [2.05, 4.69) is 28.6 Å². The number of thiazole rings is 1. The molecule has 5 nitrogen and oxygen atoms in total. The lowest BCUT2D eigenvalue weighted by Gasteiger charge is -2.08. The highest BCUT2D eigenvalue weighted by Crippen LogP contribution is 2.23. The van der Waals surface area contributed by atoms with Crippen molar-refractivity contribution in [1.82, 2.24) is 9.88 Å². The van der Waals surface area contributed by atoms with Crippen molar-refractivity contribution in [2.75, 3.05) is 18.4 Å². The quantitative estimate of drug-likeness (QED) is 0.881. The first-order valence-corrected chi connectivity index (χ1v) is 8.00. The van der Waals surface area contributed by atoms with E-state index in [1.165, 1.54) is 16.9 Å². The third-order valence-corrected chi connectivity index (χ3v) is 4.62. The molecule has 112 valence electrons. The number of hydrogen-bond donors (Lipinski definition) is 1. The molecule has 0 radical (unpaired) electrons. The van der Waals surface area contributed by atoms with Crippen molar-refractivity contribution < 1.29 is 4.79 Å². The van der Waals surface area contributed by atoms with E-state index in [-0.39, 0.29) is 11.8 Å². The zero-order valence-electron chi connectivity index (χ0n) is 12.0. The molecule has 1 saturated heterocycles. The maximum Gasteiger partial charge on any atom is 0.231 e. The third kappa shape index (κ3) is 3.43. The lowest BCUT2D eigenvalue weighted by Crippen LogP contribution is -2.25. The number of aromatic nitrogens is 1. The lowest BCUT2D eigenvalue weighted by molar-refractivity contribution is -0.119. The molecule has 6 heteroatoms. The molecule has 1 fully saturated rings. The number of rotatable bonds is 4. The standard InChI is InChI=1S/C16H16N4OS/c17-11-20-7-6-13(10-20)15(21)19-16-18-9-14(22-16)8-12-4-2-1-3-5-12/h1-5,9,13H,6-8,10H2,(H,18,19,21)/t13-/m0/s1. The molecule has 1 N–H and O–H groups in total. The Hall–Kier alpha value is -2.39. The number of carbonyl (C=O) groups is 1. The van der Waals surface area contributed by atoms with Gasteiger partial charge in [-0.15, -0.1) is 11.3 Å². The van der Waals surface area contributed by atoms with Crippen LogP contribution in [-0.4, -0.2) is 28.9 Å². The number of hydrogen-bond acceptors (Lipinski definition) is 5. The highest BCUT2D eigenvalue weighted by molar-refractivity contribution is 7.15. The topological polar surface area (TPSA) is 69.0 Å². The predicted molar refractivity (Wildman–Crippen MR) is 85.3 cm³/mol. The molecule has 0 bridgehead atoms. The van der Waals surface area contributed by atoms with Crippen LogP contribution >= 0.6 is 11.3 Å². The summed E-state index contributed by atoms with van der Waals surface area (Å²) in [6, 6.07) is 10.2. The Morgan fingerprint density at radius 2 is 2.27 bits per heavy atom. The molecule has 3 rings (SSSR count). The van der Waals surface area contributed by atoms with Gasteiger partial charge in [0.05, 0.1) is 5.92 Å². The average molecular weight is 312 g/mol. The second-order valence-corrected chi connectivity index (χ2v) is 6.43. The number of benzene rings is 1. The van der Waals surface area contributed by atoms with E-state index >= 15 is 0 Å². The second-order valence-electron chi connectivity index (χ2n) is 5.31. The van der Waals surface area contributed by atoms with Gasteiger partial charge in [-0.2, -0.15) is 5.26 Å². The summed E-state index contributed by atoms with van der Waals surface area (Å²) in [4.78, 5) is 19.2. The van der Waals surface area contributed by atoms with Crippen LogP contribution in [0.3, 0.4) is 0 Å². The summed E-state index contributed by atoms with van der Waals surface area (Å²) in [6.45, 7) is 1.16. The highest BCUT2D eigenvalue weighted by Gasteiger charge is 2.28. The Morgan fingerprint density at radius 1 is 1.45 bits per heavy atom. The van der Waals surface area contributed by atoms with Gasteiger partial charge in [0.2, 0.25) is 5.91 Å². The number of amides is 1. The van der Waals surface area contributed by atoms with E-state index in [1.54, 1.807) is 4.90 Å². The van der Waals surface area contributed by atoms with Gasteiger partial charge >= 0.3 is 0 Å². The molecule has 0 unspecified atom stereocenters. The van der Waals surface area contributed by atoms with E-state index < -0.39 is 0 Å². The summed E-state index contributed by atoms with van der Waals surface area (Å²) >= 11 is 1.50. The summed E-state index contributed by atoms with van der Waals surface area (Å²) in [5, 5.41) is 12.3. The smallest absolute Gasteiger partial charge is 0.231 e. The van der Waals surface area contributed by atoms with E-state index in [1.807, 2.05) is 24.4 Å². The van der Waals surface area contributed by atoms with Gasteiger partial charge in [-0.3, -0.25) is 4.79 Å². The zero-order valence-corrected chi connectivity index (χ0v) is 12.8. The Bertz CT molecular complexity index is 692. The van der Waals surface area contributed by atoms with Crippen LogP contribution in [0.25, 0.3) is 0 Å². The van der Waals surface area contributed by atoms with Crippen LogP contribution < -0.4 is 5.32 Å². The fraction of sp³-hybridized carbons (Fsp3) is 0.312. The van der Waals surface area contributed by atoms with Crippen LogP contribution in [0.4, 0.5) is 5.13 Å². The van der Waals surface area contributed by atoms with E-state index in [4.69, 9.17) is 5.26 Å². The van der Waals surface area contributed by atoms with Crippen LogP contribution in [-0.2, 0) is 11.2 Å². The lowest BCUT2D eigenvalue weighted by atomic mass is 10.1. The van der Waals surface area contributed by atoms with Crippen molar-refractivity contribution in [2.24, 2.45) is 5.92 Å². The number of nitrogens with zero attached hydrogens (tertiary/aromatic N) is 3. The Balaban J connectivity index is 1.58. The Morgan fingerprint density at radius 3 is 3.00 bits per heavy atom. The number of likely N-dealkylation sites (tertiary alicyclic amines) is 1. The minimum atomic E-state index is -0.124. The molecular weight excluding hydrogens is 296 g/mol. The molecule has 2 aromatic rings. The SMILES string of the molecule is N#CN1CC[C@H](C(=O)Nc2ncc(Cc3ccccc3)s2)C1. The van der Waals surface area contributed by atoms with Gasteiger partial charge in [-0.1, -0.05) is 30.3 Å². The van der Waals surface area contributed by atoms with Crippen LogP contribution in [0, 0.1) is 17.4 Å². The highest BCUT2D eigenvalue weighted by atomic mass is 32.1. The Kier molecular flexibility index (Phi) is 4.35. The van der Waals surface area contributed by atoms with Crippen molar-refractivity contribution in [3.05, 3.63) is 47.0 Å². The third-order valence-electron chi connectivity index (χ3n) is 3.71. The van der Waals surface area contributed by atoms with Gasteiger partial charge in [0.1, 0.15) is 0 Å². The van der Waals surface area contributed by atoms with Gasteiger partial charge in [-0.05, 0) is 12.0 Å². The van der Waals surface area contributed by atoms with Crippen molar-refractivity contribution in [3.8, 4) is 6.19 Å². The molecule has 1 amide bonds. The van der Waals surface area contributed by atoms with Crippen molar-refractivity contribution >= 4 is 22.4 Å². The summed E-state index contributed by atoms with van der Waals surface area (Å²) in [5.41, 5.74) is 1.23. The largest absolute Gasteiger partial charge is 0.310 e. The van der Waals surface area contributed by atoms with Crippen molar-refractivity contribution in [2.45, 2.75) is 12.8 Å². The van der Waals surface area contributed by atoms with E-state index in [9.17, 15) is 4.79 Å². The molecule has 22 heavy (non-hydrogen) atoms. The molecule has 1 aliphatic heterocycles. The predicted octanol–water partition coefficient (Wildman–Crippen LogP) is 2.48. The summed E-state index contributed by atoms with van der Waals surface area (Å²) in [7, 11) is 0. The van der Waals surface area contributed by atoms with Crippen molar-refractivity contribution in [3.63, 3.8) is 0 Å². The Labute approximate surface area is 133 Å². The average Bonchev–Trinajstić information content (AvgIpc) is 3.17. The fourth-order valence-electron chi connectivity index (χ4n) is 2.52. The number of carbonyl (C=O) groups excluding carboxylic acids is 1. The molecule has 0 aliphatic carbocycles. The van der Waals surface area contributed by atoms with Crippen LogP contribution in [0.15, 0.2) is 36.5 Å². The molecule has 0 spiro atoms.